The van der Waals surface area contributed by atoms with Crippen LogP contribution in [0.1, 0.15) is 16.9 Å². The second-order valence-corrected chi connectivity index (χ2v) is 9.11. The number of aryl methyl sites for hydroxylation is 1. The van der Waals surface area contributed by atoms with Crippen molar-refractivity contribution in [3.63, 3.8) is 0 Å². The van der Waals surface area contributed by atoms with Crippen molar-refractivity contribution in [2.45, 2.75) is 20.0 Å². The van der Waals surface area contributed by atoms with E-state index in [0.29, 0.717) is 40.9 Å². The molecule has 0 saturated carbocycles. The molecule has 35 heavy (non-hydrogen) atoms. The smallest absolute Gasteiger partial charge is 0.200 e. The van der Waals surface area contributed by atoms with E-state index < -0.39 is 0 Å². The standard InChI is InChI=1S/C29H30N2O4/c1-20-27(22-6-4-3-5-7-22)28(33)24-12-13-26(32)25(29(24)35-20)19-30(2)18-21-8-10-23(11-9-21)31-14-16-34-17-15-31/h3-13,32H,14-19H2,1-2H3. The normalized spacial score (nSPS) is 14.1. The van der Waals surface area contributed by atoms with Gasteiger partial charge in [-0.2, -0.15) is 0 Å². The summed E-state index contributed by atoms with van der Waals surface area (Å²) in [6.45, 7) is 6.30. The maximum absolute atomic E-state index is 13.4. The molecule has 0 aliphatic carbocycles. The maximum atomic E-state index is 13.4. The zero-order valence-electron chi connectivity index (χ0n) is 20.2. The molecule has 1 aromatic heterocycles. The summed E-state index contributed by atoms with van der Waals surface area (Å²) in [5.41, 5.74) is 4.75. The first kappa shape index (κ1) is 23.1. The molecule has 6 heteroatoms. The summed E-state index contributed by atoms with van der Waals surface area (Å²) in [5, 5.41) is 11.1. The van der Waals surface area contributed by atoms with Crippen molar-refractivity contribution in [2.24, 2.45) is 0 Å². The molecular formula is C29H30N2O4. The van der Waals surface area contributed by atoms with Crippen LogP contribution in [0.25, 0.3) is 22.1 Å². The summed E-state index contributed by atoms with van der Waals surface area (Å²) >= 11 is 0. The highest BCUT2D eigenvalue weighted by molar-refractivity contribution is 5.86. The van der Waals surface area contributed by atoms with Crippen molar-refractivity contribution in [1.29, 1.82) is 0 Å². The van der Waals surface area contributed by atoms with E-state index in [2.05, 4.69) is 34.1 Å². The summed E-state index contributed by atoms with van der Waals surface area (Å²) in [4.78, 5) is 17.8. The number of phenols is 1. The van der Waals surface area contributed by atoms with Crippen molar-refractivity contribution < 1.29 is 14.3 Å². The highest BCUT2D eigenvalue weighted by Crippen LogP contribution is 2.31. The van der Waals surface area contributed by atoms with Gasteiger partial charge >= 0.3 is 0 Å². The Hall–Kier alpha value is -3.61. The number of anilines is 1. The van der Waals surface area contributed by atoms with Crippen LogP contribution in [0.4, 0.5) is 5.69 Å². The van der Waals surface area contributed by atoms with Crippen LogP contribution in [0, 0.1) is 6.92 Å². The van der Waals surface area contributed by atoms with Gasteiger partial charge in [0, 0.05) is 31.9 Å². The van der Waals surface area contributed by atoms with Gasteiger partial charge in [-0.05, 0) is 49.4 Å². The Kier molecular flexibility index (Phi) is 6.57. The second-order valence-electron chi connectivity index (χ2n) is 9.11. The average Bonchev–Trinajstić information content (AvgIpc) is 2.87. The predicted molar refractivity (Wildman–Crippen MR) is 139 cm³/mol. The number of fused-ring (bicyclic) bond motifs is 1. The number of morpholine rings is 1. The molecule has 0 amide bonds. The van der Waals surface area contributed by atoms with Gasteiger partial charge in [-0.15, -0.1) is 0 Å². The number of ether oxygens (including phenoxy) is 1. The third-order valence-electron chi connectivity index (χ3n) is 6.57. The summed E-state index contributed by atoms with van der Waals surface area (Å²) in [6, 6.07) is 21.4. The molecule has 1 aliphatic heterocycles. The quantitative estimate of drug-likeness (QED) is 0.431. The van der Waals surface area contributed by atoms with Gasteiger partial charge in [0.2, 0.25) is 5.43 Å². The van der Waals surface area contributed by atoms with Gasteiger partial charge in [-0.1, -0.05) is 42.5 Å². The Morgan fingerprint density at radius 1 is 0.943 bits per heavy atom. The molecule has 0 bridgehead atoms. The minimum absolute atomic E-state index is 0.0856. The van der Waals surface area contributed by atoms with Crippen molar-refractivity contribution in [3.8, 4) is 16.9 Å². The van der Waals surface area contributed by atoms with Gasteiger partial charge in [-0.25, -0.2) is 0 Å². The van der Waals surface area contributed by atoms with Crippen LogP contribution in [-0.4, -0.2) is 43.4 Å². The Morgan fingerprint density at radius 3 is 2.37 bits per heavy atom. The number of benzene rings is 3. The fourth-order valence-electron chi connectivity index (χ4n) is 4.77. The molecule has 1 aliphatic rings. The Bertz CT molecular complexity index is 1370. The first-order valence-corrected chi connectivity index (χ1v) is 11.9. The Morgan fingerprint density at radius 2 is 1.66 bits per heavy atom. The number of rotatable bonds is 6. The topological polar surface area (TPSA) is 66.2 Å². The average molecular weight is 471 g/mol. The monoisotopic (exact) mass is 470 g/mol. The fraction of sp³-hybridized carbons (Fsp3) is 0.276. The lowest BCUT2D eigenvalue weighted by molar-refractivity contribution is 0.122. The molecule has 2 heterocycles. The predicted octanol–water partition coefficient (Wildman–Crippen LogP) is 4.94. The van der Waals surface area contributed by atoms with Crippen molar-refractivity contribution in [1.82, 2.24) is 4.90 Å². The van der Waals surface area contributed by atoms with Gasteiger partial charge in [0.25, 0.3) is 0 Å². The third-order valence-corrected chi connectivity index (χ3v) is 6.57. The van der Waals surface area contributed by atoms with Crippen LogP contribution in [0.15, 0.2) is 75.9 Å². The lowest BCUT2D eigenvalue weighted by Crippen LogP contribution is -2.36. The Balaban J connectivity index is 1.39. The summed E-state index contributed by atoms with van der Waals surface area (Å²) in [7, 11) is 2.00. The lowest BCUT2D eigenvalue weighted by Gasteiger charge is -2.29. The molecule has 4 aromatic rings. The molecule has 1 N–H and O–H groups in total. The van der Waals surface area contributed by atoms with Gasteiger partial charge in [0.1, 0.15) is 17.1 Å². The minimum atomic E-state index is -0.0856. The number of nitrogens with zero attached hydrogens (tertiary/aromatic N) is 2. The molecule has 180 valence electrons. The van der Waals surface area contributed by atoms with Crippen molar-refractivity contribution in [3.05, 3.63) is 93.8 Å². The molecule has 3 aromatic carbocycles. The Labute approximate surface area is 205 Å². The lowest BCUT2D eigenvalue weighted by atomic mass is 10.0. The fourth-order valence-corrected chi connectivity index (χ4v) is 4.77. The van der Waals surface area contributed by atoms with E-state index in [1.54, 1.807) is 19.1 Å². The van der Waals surface area contributed by atoms with Crippen molar-refractivity contribution in [2.75, 3.05) is 38.3 Å². The van der Waals surface area contributed by atoms with E-state index in [1.807, 2.05) is 37.4 Å². The number of phenolic OH excluding ortho intramolecular Hbond substituents is 1. The second kappa shape index (κ2) is 9.94. The van der Waals surface area contributed by atoms with Crippen LogP contribution in [-0.2, 0) is 17.8 Å². The van der Waals surface area contributed by atoms with Crippen molar-refractivity contribution >= 4 is 16.7 Å². The molecule has 0 atom stereocenters. The molecule has 6 nitrogen and oxygen atoms in total. The van der Waals surface area contributed by atoms with E-state index in [-0.39, 0.29) is 11.2 Å². The van der Waals surface area contributed by atoms with Gasteiger partial charge < -0.3 is 19.2 Å². The number of aromatic hydroxyl groups is 1. The van der Waals surface area contributed by atoms with Gasteiger partial charge in [0.15, 0.2) is 0 Å². The molecule has 1 saturated heterocycles. The first-order valence-electron chi connectivity index (χ1n) is 11.9. The molecule has 5 rings (SSSR count). The van der Waals surface area contributed by atoms with E-state index in [9.17, 15) is 9.90 Å². The van der Waals surface area contributed by atoms with E-state index >= 15 is 0 Å². The maximum Gasteiger partial charge on any atom is 0.200 e. The van der Waals surface area contributed by atoms with Crippen LogP contribution in [0.2, 0.25) is 0 Å². The molecule has 1 fully saturated rings. The van der Waals surface area contributed by atoms with Gasteiger partial charge in [0.05, 0.1) is 29.7 Å². The highest BCUT2D eigenvalue weighted by atomic mass is 16.5. The SMILES string of the molecule is Cc1oc2c(CN(C)Cc3ccc(N4CCOCC4)cc3)c(O)ccc2c(=O)c1-c1ccccc1. The summed E-state index contributed by atoms with van der Waals surface area (Å²) in [6.07, 6.45) is 0. The largest absolute Gasteiger partial charge is 0.507 e. The van der Waals surface area contributed by atoms with Crippen LogP contribution in [0.3, 0.4) is 0 Å². The van der Waals surface area contributed by atoms with Crippen LogP contribution < -0.4 is 10.3 Å². The number of hydrogen-bond donors (Lipinski definition) is 1. The molecule has 0 unspecified atom stereocenters. The zero-order valence-corrected chi connectivity index (χ0v) is 20.2. The van der Waals surface area contributed by atoms with E-state index in [4.69, 9.17) is 9.15 Å². The van der Waals surface area contributed by atoms with Gasteiger partial charge in [-0.3, -0.25) is 9.69 Å². The summed E-state index contributed by atoms with van der Waals surface area (Å²) in [5.74, 6) is 0.670. The molecule has 0 radical (unpaired) electrons. The highest BCUT2D eigenvalue weighted by Gasteiger charge is 2.19. The third kappa shape index (κ3) is 4.81. The zero-order chi connectivity index (χ0) is 24.4. The molecular weight excluding hydrogens is 440 g/mol. The van der Waals surface area contributed by atoms with Crippen LogP contribution >= 0.6 is 0 Å². The molecule has 0 spiro atoms. The van der Waals surface area contributed by atoms with E-state index in [0.717, 1.165) is 31.9 Å². The number of hydrogen-bond acceptors (Lipinski definition) is 6. The minimum Gasteiger partial charge on any atom is -0.507 e. The van der Waals surface area contributed by atoms with Crippen LogP contribution in [0.5, 0.6) is 5.75 Å². The van der Waals surface area contributed by atoms with E-state index in [1.165, 1.54) is 11.3 Å². The first-order chi connectivity index (χ1) is 17.0. The summed E-state index contributed by atoms with van der Waals surface area (Å²) < 4.78 is 11.6.